The first-order valence-electron chi connectivity index (χ1n) is 9.29. The van der Waals surface area contributed by atoms with Crippen molar-refractivity contribution in [2.75, 3.05) is 18.9 Å². The van der Waals surface area contributed by atoms with E-state index in [4.69, 9.17) is 18.9 Å². The molecular weight excluding hydrogens is 418 g/mol. The number of carbonyl (C=O) groups is 1. The summed E-state index contributed by atoms with van der Waals surface area (Å²) in [6, 6.07) is 11.1. The third-order valence-corrected chi connectivity index (χ3v) is 5.66. The van der Waals surface area contributed by atoms with Crippen molar-refractivity contribution in [3.8, 4) is 40.3 Å². The molecular formula is C22H15N3O5S. The number of rotatable bonds is 5. The van der Waals surface area contributed by atoms with E-state index in [0.717, 1.165) is 11.3 Å². The summed E-state index contributed by atoms with van der Waals surface area (Å²) in [5, 5.41) is 15.1. The van der Waals surface area contributed by atoms with Crippen molar-refractivity contribution in [3.63, 3.8) is 0 Å². The predicted octanol–water partition coefficient (Wildman–Crippen LogP) is 4.45. The average molecular weight is 433 g/mol. The van der Waals surface area contributed by atoms with Crippen LogP contribution in [0.3, 0.4) is 0 Å². The van der Waals surface area contributed by atoms with Crippen LogP contribution in [0.2, 0.25) is 0 Å². The molecule has 2 aliphatic heterocycles. The molecule has 0 fully saturated rings. The summed E-state index contributed by atoms with van der Waals surface area (Å²) in [6.45, 7) is 1.78. The third-order valence-electron chi connectivity index (χ3n) is 4.79. The molecule has 3 heterocycles. The Morgan fingerprint density at radius 2 is 1.81 bits per heavy atom. The van der Waals surface area contributed by atoms with Gasteiger partial charge in [-0.2, -0.15) is 5.26 Å². The molecule has 0 saturated carbocycles. The van der Waals surface area contributed by atoms with Crippen LogP contribution < -0.4 is 24.3 Å². The third kappa shape index (κ3) is 3.53. The van der Waals surface area contributed by atoms with Crippen LogP contribution in [0.15, 0.2) is 41.9 Å². The van der Waals surface area contributed by atoms with Crippen LogP contribution in [0.4, 0.5) is 5.69 Å². The van der Waals surface area contributed by atoms with Gasteiger partial charge in [0.2, 0.25) is 13.6 Å². The van der Waals surface area contributed by atoms with Gasteiger partial charge >= 0.3 is 0 Å². The Hall–Kier alpha value is -4.03. The van der Waals surface area contributed by atoms with Crippen LogP contribution in [0.5, 0.6) is 23.0 Å². The Labute approximate surface area is 181 Å². The van der Waals surface area contributed by atoms with Crippen molar-refractivity contribution in [2.24, 2.45) is 0 Å². The van der Waals surface area contributed by atoms with Gasteiger partial charge in [-0.3, -0.25) is 4.79 Å². The summed E-state index contributed by atoms with van der Waals surface area (Å²) in [6.07, 6.45) is 1.53. The van der Waals surface area contributed by atoms with Gasteiger partial charge in [-0.25, -0.2) is 4.98 Å². The number of hydrogen-bond donors (Lipinski definition) is 1. The second-order valence-corrected chi connectivity index (χ2v) is 7.59. The first kappa shape index (κ1) is 19.0. The Balaban J connectivity index is 1.42. The van der Waals surface area contributed by atoms with Crippen molar-refractivity contribution < 1.29 is 23.7 Å². The lowest BCUT2D eigenvalue weighted by Gasteiger charge is -2.09. The van der Waals surface area contributed by atoms with E-state index in [-0.39, 0.29) is 19.4 Å². The highest BCUT2D eigenvalue weighted by molar-refractivity contribution is 7.11. The zero-order chi connectivity index (χ0) is 21.4. The first-order valence-corrected chi connectivity index (χ1v) is 10.2. The second kappa shape index (κ2) is 7.66. The highest BCUT2D eigenvalue weighted by atomic mass is 32.1. The Kier molecular flexibility index (Phi) is 4.69. The van der Waals surface area contributed by atoms with E-state index >= 15 is 0 Å². The van der Waals surface area contributed by atoms with Gasteiger partial charge in [0.25, 0.3) is 0 Å². The van der Waals surface area contributed by atoms with E-state index in [1.165, 1.54) is 24.5 Å². The smallest absolute Gasteiger partial charge is 0.231 e. The van der Waals surface area contributed by atoms with Crippen molar-refractivity contribution in [1.82, 2.24) is 4.98 Å². The number of ketones is 1. The van der Waals surface area contributed by atoms with Gasteiger partial charge in [-0.05, 0) is 31.2 Å². The van der Waals surface area contributed by atoms with Crippen molar-refractivity contribution in [1.29, 1.82) is 5.26 Å². The van der Waals surface area contributed by atoms with E-state index in [9.17, 15) is 10.1 Å². The van der Waals surface area contributed by atoms with Crippen LogP contribution in [-0.4, -0.2) is 24.4 Å². The topological polar surface area (TPSA) is 103 Å². The molecule has 0 bridgehead atoms. The van der Waals surface area contributed by atoms with E-state index in [1.54, 1.807) is 12.1 Å². The zero-order valence-corrected chi connectivity index (χ0v) is 17.1. The van der Waals surface area contributed by atoms with E-state index in [2.05, 4.69) is 16.4 Å². The van der Waals surface area contributed by atoms with Gasteiger partial charge in [0.1, 0.15) is 16.6 Å². The van der Waals surface area contributed by atoms with Crippen molar-refractivity contribution in [2.45, 2.75) is 6.92 Å². The quantitative estimate of drug-likeness (QED) is 0.465. The fourth-order valence-corrected chi connectivity index (χ4v) is 4.02. The molecule has 31 heavy (non-hydrogen) atoms. The lowest BCUT2D eigenvalue weighted by atomic mass is 10.1. The monoisotopic (exact) mass is 433 g/mol. The van der Waals surface area contributed by atoms with Gasteiger partial charge in [0.05, 0.1) is 11.4 Å². The van der Waals surface area contributed by atoms with Crippen LogP contribution >= 0.6 is 11.3 Å². The number of nitrogens with one attached hydrogen (secondary N) is 1. The maximum absolute atomic E-state index is 12.0. The minimum atomic E-state index is -0.132. The molecule has 8 nitrogen and oxygen atoms in total. The summed E-state index contributed by atoms with van der Waals surface area (Å²) >= 11 is 1.35. The normalized spacial score (nSPS) is 13.7. The van der Waals surface area contributed by atoms with Crippen LogP contribution in [0.1, 0.15) is 22.3 Å². The molecule has 1 N–H and O–H groups in total. The molecule has 2 aromatic carbocycles. The van der Waals surface area contributed by atoms with Gasteiger partial charge in [0, 0.05) is 28.8 Å². The number of benzene rings is 2. The number of hydrogen-bond acceptors (Lipinski definition) is 9. The average Bonchev–Trinajstić information content (AvgIpc) is 3.52. The standard InChI is InChI=1S/C22H15N3O5S/c1-12(26)15-5-20-21(30-11-29-20)6-16(15)24-8-14(7-23)22-25-17(9-31-22)13-2-3-18-19(4-13)28-10-27-18/h2-6,8-9,24H,10-11H2,1H3. The maximum Gasteiger partial charge on any atom is 0.231 e. The van der Waals surface area contributed by atoms with Crippen LogP contribution in [0, 0.1) is 11.3 Å². The molecule has 0 atom stereocenters. The number of anilines is 1. The Morgan fingerprint density at radius 1 is 1.10 bits per heavy atom. The molecule has 0 amide bonds. The zero-order valence-electron chi connectivity index (χ0n) is 16.3. The highest BCUT2D eigenvalue weighted by Gasteiger charge is 2.20. The summed E-state index contributed by atoms with van der Waals surface area (Å²) in [4.78, 5) is 16.6. The number of Topliss-reactive ketones (excluding diaryl/α,β-unsaturated/α-hetero) is 1. The number of thiazole rings is 1. The predicted molar refractivity (Wildman–Crippen MR) is 113 cm³/mol. The molecule has 0 spiro atoms. The Morgan fingerprint density at radius 3 is 2.55 bits per heavy atom. The molecule has 1 aromatic heterocycles. The van der Waals surface area contributed by atoms with Crippen molar-refractivity contribution >= 4 is 28.4 Å². The summed E-state index contributed by atoms with van der Waals surface area (Å²) < 4.78 is 21.5. The number of aromatic nitrogens is 1. The molecule has 0 radical (unpaired) electrons. The van der Waals surface area contributed by atoms with Gasteiger partial charge in [-0.1, -0.05) is 0 Å². The molecule has 3 aromatic rings. The molecule has 2 aliphatic rings. The van der Waals surface area contributed by atoms with Gasteiger partial charge in [-0.15, -0.1) is 11.3 Å². The Bertz CT molecular complexity index is 1270. The number of nitriles is 1. The summed E-state index contributed by atoms with van der Waals surface area (Å²) in [5.41, 5.74) is 2.90. The fourth-order valence-electron chi connectivity index (χ4n) is 3.23. The second-order valence-electron chi connectivity index (χ2n) is 6.73. The van der Waals surface area contributed by atoms with Gasteiger partial charge in [0.15, 0.2) is 28.8 Å². The molecule has 0 unspecified atom stereocenters. The van der Waals surface area contributed by atoms with Gasteiger partial charge < -0.3 is 24.3 Å². The number of allylic oxidation sites excluding steroid dienone is 1. The number of nitrogens with zero attached hydrogens (tertiary/aromatic N) is 2. The summed E-state index contributed by atoms with van der Waals surface area (Å²) in [7, 11) is 0. The largest absolute Gasteiger partial charge is 0.454 e. The minimum absolute atomic E-state index is 0.108. The number of fused-ring (bicyclic) bond motifs is 2. The van der Waals surface area contributed by atoms with Crippen LogP contribution in [-0.2, 0) is 0 Å². The number of carbonyl (C=O) groups excluding carboxylic acids is 1. The molecule has 0 aliphatic carbocycles. The molecule has 154 valence electrons. The molecule has 5 rings (SSSR count). The van der Waals surface area contributed by atoms with Crippen molar-refractivity contribution in [3.05, 3.63) is 52.5 Å². The lowest BCUT2D eigenvalue weighted by molar-refractivity contribution is 0.101. The maximum atomic E-state index is 12.0. The fraction of sp³-hybridized carbons (Fsp3) is 0.136. The van der Waals surface area contributed by atoms with Crippen LogP contribution in [0.25, 0.3) is 16.8 Å². The van der Waals surface area contributed by atoms with E-state index in [1.807, 2.05) is 23.6 Å². The minimum Gasteiger partial charge on any atom is -0.454 e. The molecule has 9 heteroatoms. The molecule has 0 saturated heterocycles. The van der Waals surface area contributed by atoms with E-state index < -0.39 is 0 Å². The summed E-state index contributed by atoms with van der Waals surface area (Å²) in [5.74, 6) is 2.30. The number of ether oxygens (including phenoxy) is 4. The lowest BCUT2D eigenvalue weighted by Crippen LogP contribution is -2.00. The van der Waals surface area contributed by atoms with E-state index in [0.29, 0.717) is 44.8 Å². The highest BCUT2D eigenvalue weighted by Crippen LogP contribution is 2.38. The first-order chi connectivity index (χ1) is 15.1. The SMILES string of the molecule is CC(=O)c1cc2c(cc1NC=C(C#N)c1nc(-c3ccc4c(c3)OCO4)cs1)OCO2.